The van der Waals surface area contributed by atoms with Gasteiger partial charge in [0.2, 0.25) is 0 Å². The Bertz CT molecular complexity index is 481. The summed E-state index contributed by atoms with van der Waals surface area (Å²) >= 11 is 0. The summed E-state index contributed by atoms with van der Waals surface area (Å²) in [7, 11) is -0.541. The molecule has 4 nitrogen and oxygen atoms in total. The molecule has 1 heterocycles. The fourth-order valence-corrected chi connectivity index (χ4v) is 2.05. The molecule has 0 atom stereocenters. The highest BCUT2D eigenvalue weighted by molar-refractivity contribution is 6.63. The van der Waals surface area contributed by atoms with Gasteiger partial charge in [0.15, 0.2) is 0 Å². The molecular formula is C15H23BO4. The molecule has 1 aromatic rings. The van der Waals surface area contributed by atoms with Crippen molar-refractivity contribution in [1.82, 2.24) is 0 Å². The van der Waals surface area contributed by atoms with Gasteiger partial charge < -0.3 is 19.2 Å². The number of hydrogen-bond acceptors (Lipinski definition) is 4. The van der Waals surface area contributed by atoms with Crippen molar-refractivity contribution in [3.05, 3.63) is 18.2 Å². The first-order valence-corrected chi connectivity index (χ1v) is 6.97. The van der Waals surface area contributed by atoms with E-state index in [9.17, 15) is 5.11 Å². The van der Waals surface area contributed by atoms with Crippen LogP contribution in [0.1, 0.15) is 41.5 Å². The largest absolute Gasteiger partial charge is 0.508 e. The number of phenols is 1. The smallest absolute Gasteiger partial charge is 0.498 e. The highest BCUT2D eigenvalue weighted by Gasteiger charge is 2.52. The minimum Gasteiger partial charge on any atom is -0.508 e. The summed E-state index contributed by atoms with van der Waals surface area (Å²) < 4.78 is 17.8. The molecule has 1 saturated heterocycles. The molecular weight excluding hydrogens is 255 g/mol. The van der Waals surface area contributed by atoms with Crippen LogP contribution in [0.15, 0.2) is 18.2 Å². The van der Waals surface area contributed by atoms with Crippen LogP contribution in [-0.4, -0.2) is 29.5 Å². The van der Waals surface area contributed by atoms with Gasteiger partial charge in [-0.05, 0) is 59.7 Å². The van der Waals surface area contributed by atoms with Crippen LogP contribution in [0.4, 0.5) is 0 Å². The van der Waals surface area contributed by atoms with E-state index in [0.29, 0.717) is 5.75 Å². The van der Waals surface area contributed by atoms with Gasteiger partial charge >= 0.3 is 7.12 Å². The Hall–Kier alpha value is -1.20. The molecule has 0 radical (unpaired) electrons. The number of ether oxygens (including phenoxy) is 1. The number of hydrogen-bond donors (Lipinski definition) is 1. The summed E-state index contributed by atoms with van der Waals surface area (Å²) in [6.45, 7) is 11.9. The van der Waals surface area contributed by atoms with E-state index < -0.39 is 18.3 Å². The van der Waals surface area contributed by atoms with E-state index in [2.05, 4.69) is 0 Å². The van der Waals surface area contributed by atoms with Crippen LogP contribution in [-0.2, 0) is 9.31 Å². The molecule has 1 aliphatic rings. The molecule has 0 aliphatic carbocycles. The molecule has 0 bridgehead atoms. The molecule has 1 fully saturated rings. The summed E-state index contributed by atoms with van der Waals surface area (Å²) in [6.07, 6.45) is 0.0423. The maximum atomic E-state index is 9.73. The lowest BCUT2D eigenvalue weighted by atomic mass is 9.78. The van der Waals surface area contributed by atoms with E-state index in [4.69, 9.17) is 14.0 Å². The maximum Gasteiger partial charge on any atom is 0.498 e. The van der Waals surface area contributed by atoms with Crippen molar-refractivity contribution in [3.63, 3.8) is 0 Å². The van der Waals surface area contributed by atoms with E-state index in [1.165, 1.54) is 0 Å². The Balaban J connectivity index is 2.36. The summed E-state index contributed by atoms with van der Waals surface area (Å²) in [4.78, 5) is 0. The molecule has 0 aromatic heterocycles. The first-order chi connectivity index (χ1) is 9.12. The Morgan fingerprint density at radius 1 is 1.10 bits per heavy atom. The highest BCUT2D eigenvalue weighted by atomic mass is 16.7. The van der Waals surface area contributed by atoms with Crippen molar-refractivity contribution < 1.29 is 19.2 Å². The van der Waals surface area contributed by atoms with Gasteiger partial charge in [0.25, 0.3) is 0 Å². The molecule has 5 heteroatoms. The summed E-state index contributed by atoms with van der Waals surface area (Å²) in [5.74, 6) is 0.849. The first-order valence-electron chi connectivity index (χ1n) is 6.97. The van der Waals surface area contributed by atoms with Crippen molar-refractivity contribution in [3.8, 4) is 11.5 Å². The standard InChI is InChI=1S/C15H23BO4/c1-10(2)18-13-8-7-11(17)9-12(13)16-19-14(3,4)15(5,6)20-16/h7-10,17H,1-6H3. The monoisotopic (exact) mass is 278 g/mol. The van der Waals surface area contributed by atoms with E-state index in [1.807, 2.05) is 41.5 Å². The third-order valence-corrected chi connectivity index (χ3v) is 3.86. The van der Waals surface area contributed by atoms with Gasteiger partial charge in [0, 0.05) is 5.46 Å². The molecule has 0 spiro atoms. The van der Waals surface area contributed by atoms with Crippen LogP contribution in [0, 0.1) is 0 Å². The van der Waals surface area contributed by atoms with Crippen LogP contribution in [0.5, 0.6) is 11.5 Å². The molecule has 0 amide bonds. The number of benzene rings is 1. The lowest BCUT2D eigenvalue weighted by Crippen LogP contribution is -2.41. The zero-order chi connectivity index (χ0) is 15.1. The summed E-state index contributed by atoms with van der Waals surface area (Å²) in [5.41, 5.74) is -0.117. The van der Waals surface area contributed by atoms with Crippen LogP contribution in [0.25, 0.3) is 0 Å². The minimum atomic E-state index is -0.541. The maximum absolute atomic E-state index is 9.73. The lowest BCUT2D eigenvalue weighted by Gasteiger charge is -2.32. The van der Waals surface area contributed by atoms with Crippen molar-refractivity contribution in [1.29, 1.82) is 0 Å². The Kier molecular flexibility index (Phi) is 3.78. The molecule has 1 N–H and O–H groups in total. The van der Waals surface area contributed by atoms with Crippen molar-refractivity contribution in [2.75, 3.05) is 0 Å². The molecule has 20 heavy (non-hydrogen) atoms. The first kappa shape index (κ1) is 15.2. The average Bonchev–Trinajstić information content (AvgIpc) is 2.50. The second-order valence-corrected chi connectivity index (χ2v) is 6.48. The van der Waals surface area contributed by atoms with Gasteiger partial charge in [0.1, 0.15) is 11.5 Å². The molecule has 110 valence electrons. The van der Waals surface area contributed by atoms with Gasteiger partial charge in [-0.2, -0.15) is 0 Å². The van der Waals surface area contributed by atoms with E-state index >= 15 is 0 Å². The second kappa shape index (κ2) is 4.97. The molecule has 0 unspecified atom stereocenters. The van der Waals surface area contributed by atoms with Crippen molar-refractivity contribution in [2.24, 2.45) is 0 Å². The molecule has 1 aromatic carbocycles. The van der Waals surface area contributed by atoms with Gasteiger partial charge in [0.05, 0.1) is 17.3 Å². The number of rotatable bonds is 3. The average molecular weight is 278 g/mol. The number of phenolic OH excluding ortho intramolecular Hbond substituents is 1. The quantitative estimate of drug-likeness (QED) is 0.863. The highest BCUT2D eigenvalue weighted by Crippen LogP contribution is 2.37. The van der Waals surface area contributed by atoms with Crippen LogP contribution < -0.4 is 10.2 Å². The molecule has 2 rings (SSSR count). The van der Waals surface area contributed by atoms with E-state index in [-0.39, 0.29) is 11.9 Å². The van der Waals surface area contributed by atoms with Gasteiger partial charge in [-0.25, -0.2) is 0 Å². The van der Waals surface area contributed by atoms with Crippen molar-refractivity contribution in [2.45, 2.75) is 58.8 Å². The van der Waals surface area contributed by atoms with Gasteiger partial charge in [-0.1, -0.05) is 0 Å². The Morgan fingerprint density at radius 2 is 1.65 bits per heavy atom. The third-order valence-electron chi connectivity index (χ3n) is 3.86. The van der Waals surface area contributed by atoms with E-state index in [0.717, 1.165) is 5.46 Å². The van der Waals surface area contributed by atoms with Gasteiger partial charge in [-0.3, -0.25) is 0 Å². The lowest BCUT2D eigenvalue weighted by molar-refractivity contribution is 0.00578. The fourth-order valence-electron chi connectivity index (χ4n) is 2.05. The van der Waals surface area contributed by atoms with Crippen LogP contribution >= 0.6 is 0 Å². The zero-order valence-corrected chi connectivity index (χ0v) is 13.1. The zero-order valence-electron chi connectivity index (χ0n) is 13.1. The minimum absolute atomic E-state index is 0.0423. The predicted octanol–water partition coefficient (Wildman–Crippen LogP) is 2.48. The molecule has 0 saturated carbocycles. The van der Waals surface area contributed by atoms with E-state index in [1.54, 1.807) is 18.2 Å². The molecule has 1 aliphatic heterocycles. The Morgan fingerprint density at radius 3 is 2.15 bits per heavy atom. The number of aromatic hydroxyl groups is 1. The SMILES string of the molecule is CC(C)Oc1ccc(O)cc1B1OC(C)(C)C(C)(C)O1. The summed E-state index contributed by atoms with van der Waals surface area (Å²) in [5, 5.41) is 9.73. The van der Waals surface area contributed by atoms with Gasteiger partial charge in [-0.15, -0.1) is 0 Å². The third kappa shape index (κ3) is 2.79. The predicted molar refractivity (Wildman–Crippen MR) is 79.6 cm³/mol. The van der Waals surface area contributed by atoms with Crippen LogP contribution in [0.3, 0.4) is 0 Å². The van der Waals surface area contributed by atoms with Crippen molar-refractivity contribution >= 4 is 12.6 Å². The second-order valence-electron chi connectivity index (χ2n) is 6.48. The summed E-state index contributed by atoms with van der Waals surface area (Å²) in [6, 6.07) is 4.99. The Labute approximate surface area is 121 Å². The fraction of sp³-hybridized carbons (Fsp3) is 0.600. The normalized spacial score (nSPS) is 20.4. The topological polar surface area (TPSA) is 47.9 Å². The van der Waals surface area contributed by atoms with Crippen LogP contribution in [0.2, 0.25) is 0 Å².